The molecule has 21 heavy (non-hydrogen) atoms. The van der Waals surface area contributed by atoms with E-state index < -0.39 is 0 Å². The van der Waals surface area contributed by atoms with Crippen molar-refractivity contribution in [1.82, 2.24) is 15.0 Å². The summed E-state index contributed by atoms with van der Waals surface area (Å²) in [6.07, 6.45) is 5.66. The number of nitrogens with zero attached hydrogens (tertiary/aromatic N) is 3. The molecule has 1 unspecified atom stereocenters. The van der Waals surface area contributed by atoms with Gasteiger partial charge in [0.25, 0.3) is 0 Å². The van der Waals surface area contributed by atoms with Crippen molar-refractivity contribution in [2.24, 2.45) is 0 Å². The van der Waals surface area contributed by atoms with E-state index in [1.807, 2.05) is 18.3 Å². The van der Waals surface area contributed by atoms with Gasteiger partial charge in [0.05, 0.1) is 11.4 Å². The van der Waals surface area contributed by atoms with Gasteiger partial charge >= 0.3 is 0 Å². The molecule has 1 aliphatic rings. The number of aromatic nitrogens is 3. The zero-order valence-electron chi connectivity index (χ0n) is 11.7. The summed E-state index contributed by atoms with van der Waals surface area (Å²) in [7, 11) is 2.10. The molecule has 0 spiro atoms. The predicted molar refractivity (Wildman–Crippen MR) is 84.8 cm³/mol. The van der Waals surface area contributed by atoms with Crippen LogP contribution in [0, 0.1) is 0 Å². The maximum absolute atomic E-state index is 6.09. The second kappa shape index (κ2) is 4.74. The van der Waals surface area contributed by atoms with Crippen LogP contribution in [0.4, 0.5) is 5.82 Å². The van der Waals surface area contributed by atoms with Gasteiger partial charge in [-0.15, -0.1) is 0 Å². The molecule has 0 aliphatic heterocycles. The number of benzene rings is 1. The molecular formula is C16H15ClN4. The Labute approximate surface area is 127 Å². The first-order chi connectivity index (χ1) is 10.2. The topological polar surface area (TPSA) is 44.8 Å². The third-order valence-corrected chi connectivity index (χ3v) is 4.52. The smallest absolute Gasteiger partial charge is 0.142 e. The molecule has 1 atom stereocenters. The minimum atomic E-state index is 0.338. The number of anilines is 1. The summed E-state index contributed by atoms with van der Waals surface area (Å²) in [4.78, 5) is 14.1. The van der Waals surface area contributed by atoms with Crippen molar-refractivity contribution in [2.75, 3.05) is 11.9 Å². The van der Waals surface area contributed by atoms with Crippen LogP contribution in [0.3, 0.4) is 0 Å². The van der Waals surface area contributed by atoms with E-state index in [0.717, 1.165) is 34.7 Å². The van der Waals surface area contributed by atoms with Crippen molar-refractivity contribution < 1.29 is 0 Å². The standard InChI is InChI=1S/C16H15ClN4/c1-21(16-13-6-7-18-15(13)19-9-20-16)14-5-2-10-8-11(17)3-4-12(10)14/h3-4,6-9,14H,2,5H2,1H3,(H,18,19,20). The van der Waals surface area contributed by atoms with Gasteiger partial charge in [0.1, 0.15) is 17.8 Å². The third kappa shape index (κ3) is 1.98. The number of hydrogen-bond acceptors (Lipinski definition) is 3. The van der Waals surface area contributed by atoms with Crippen molar-refractivity contribution in [1.29, 1.82) is 0 Å². The molecule has 0 saturated carbocycles. The van der Waals surface area contributed by atoms with E-state index in [-0.39, 0.29) is 0 Å². The summed E-state index contributed by atoms with van der Waals surface area (Å²) >= 11 is 6.09. The van der Waals surface area contributed by atoms with E-state index in [4.69, 9.17) is 11.6 Å². The van der Waals surface area contributed by atoms with Gasteiger partial charge in [-0.2, -0.15) is 0 Å². The van der Waals surface area contributed by atoms with Crippen molar-refractivity contribution in [2.45, 2.75) is 18.9 Å². The molecule has 2 heterocycles. The molecule has 5 heteroatoms. The zero-order valence-corrected chi connectivity index (χ0v) is 12.4. The number of H-pyrrole nitrogens is 1. The van der Waals surface area contributed by atoms with Crippen molar-refractivity contribution in [3.05, 3.63) is 52.9 Å². The fourth-order valence-electron chi connectivity index (χ4n) is 3.25. The molecule has 0 radical (unpaired) electrons. The summed E-state index contributed by atoms with van der Waals surface area (Å²) in [6.45, 7) is 0. The number of rotatable bonds is 2. The van der Waals surface area contributed by atoms with Crippen LogP contribution < -0.4 is 4.90 Å². The normalized spacial score (nSPS) is 17.1. The highest BCUT2D eigenvalue weighted by Gasteiger charge is 2.27. The largest absolute Gasteiger partial charge is 0.352 e. The average Bonchev–Trinajstić information content (AvgIpc) is 3.11. The molecule has 1 N–H and O–H groups in total. The average molecular weight is 299 g/mol. The summed E-state index contributed by atoms with van der Waals surface area (Å²) in [6, 6.07) is 8.56. The lowest BCUT2D eigenvalue weighted by Gasteiger charge is -2.27. The Morgan fingerprint density at radius 2 is 2.19 bits per heavy atom. The maximum atomic E-state index is 6.09. The minimum absolute atomic E-state index is 0.338. The van der Waals surface area contributed by atoms with E-state index in [1.165, 1.54) is 11.1 Å². The van der Waals surface area contributed by atoms with Crippen LogP contribution in [0.1, 0.15) is 23.6 Å². The number of hydrogen-bond donors (Lipinski definition) is 1. The highest BCUT2D eigenvalue weighted by molar-refractivity contribution is 6.30. The van der Waals surface area contributed by atoms with Crippen LogP contribution >= 0.6 is 11.6 Å². The van der Waals surface area contributed by atoms with Gasteiger partial charge in [0.2, 0.25) is 0 Å². The first-order valence-electron chi connectivity index (χ1n) is 7.03. The van der Waals surface area contributed by atoms with Crippen molar-refractivity contribution in [3.63, 3.8) is 0 Å². The summed E-state index contributed by atoms with van der Waals surface area (Å²) in [5, 5.41) is 1.87. The van der Waals surface area contributed by atoms with Crippen molar-refractivity contribution in [3.8, 4) is 0 Å². The Kier molecular flexibility index (Phi) is 2.86. The number of fused-ring (bicyclic) bond motifs is 2. The van der Waals surface area contributed by atoms with Crippen LogP contribution in [-0.2, 0) is 6.42 Å². The van der Waals surface area contributed by atoms with Gasteiger partial charge in [0.15, 0.2) is 0 Å². The second-order valence-corrected chi connectivity index (χ2v) is 5.88. The summed E-state index contributed by atoms with van der Waals surface area (Å²) < 4.78 is 0. The number of halogens is 1. The predicted octanol–water partition coefficient (Wildman–Crippen LogP) is 3.74. The molecule has 0 bridgehead atoms. The third-order valence-electron chi connectivity index (χ3n) is 4.29. The SMILES string of the molecule is CN(c1ncnc2[nH]ccc12)C1CCc2cc(Cl)ccc21. The van der Waals surface area contributed by atoms with Crippen molar-refractivity contribution >= 4 is 28.5 Å². The molecule has 3 aromatic rings. The van der Waals surface area contributed by atoms with Gasteiger partial charge in [-0.1, -0.05) is 17.7 Å². The van der Waals surface area contributed by atoms with E-state index in [0.29, 0.717) is 6.04 Å². The monoisotopic (exact) mass is 298 g/mol. The zero-order chi connectivity index (χ0) is 14.4. The quantitative estimate of drug-likeness (QED) is 0.784. The van der Waals surface area contributed by atoms with E-state index in [2.05, 4.69) is 39.0 Å². The Morgan fingerprint density at radius 3 is 3.10 bits per heavy atom. The first kappa shape index (κ1) is 12.7. The fraction of sp³-hybridized carbons (Fsp3) is 0.250. The number of nitrogens with one attached hydrogen (secondary N) is 1. The van der Waals surface area contributed by atoms with E-state index in [9.17, 15) is 0 Å². The molecule has 0 saturated heterocycles. The Hall–Kier alpha value is -2.07. The number of aromatic amines is 1. The van der Waals surface area contributed by atoms with Gasteiger partial charge in [-0.25, -0.2) is 9.97 Å². The molecule has 2 aromatic heterocycles. The van der Waals surface area contributed by atoms with Gasteiger partial charge < -0.3 is 9.88 Å². The van der Waals surface area contributed by atoms with Crippen LogP contribution in [0.2, 0.25) is 5.02 Å². The lowest BCUT2D eigenvalue weighted by atomic mass is 10.1. The summed E-state index contributed by atoms with van der Waals surface area (Å²) in [5.41, 5.74) is 3.57. The Bertz CT molecular complexity index is 811. The molecule has 0 fully saturated rings. The van der Waals surface area contributed by atoms with E-state index >= 15 is 0 Å². The molecule has 4 rings (SSSR count). The van der Waals surface area contributed by atoms with Gasteiger partial charge in [0, 0.05) is 18.3 Å². The molecular weight excluding hydrogens is 284 g/mol. The highest BCUT2D eigenvalue weighted by Crippen LogP contribution is 2.39. The molecule has 106 valence electrons. The lowest BCUT2D eigenvalue weighted by Crippen LogP contribution is -2.23. The lowest BCUT2D eigenvalue weighted by molar-refractivity contribution is 0.657. The molecule has 4 nitrogen and oxygen atoms in total. The minimum Gasteiger partial charge on any atom is -0.352 e. The highest BCUT2D eigenvalue weighted by atomic mass is 35.5. The fourth-order valence-corrected chi connectivity index (χ4v) is 3.45. The molecule has 1 aromatic carbocycles. The van der Waals surface area contributed by atoms with Crippen LogP contribution in [0.25, 0.3) is 11.0 Å². The van der Waals surface area contributed by atoms with Crippen LogP contribution in [0.5, 0.6) is 0 Å². The summed E-state index contributed by atoms with van der Waals surface area (Å²) in [5.74, 6) is 0.967. The Morgan fingerprint density at radius 1 is 1.29 bits per heavy atom. The number of aryl methyl sites for hydroxylation is 1. The first-order valence-corrected chi connectivity index (χ1v) is 7.41. The maximum Gasteiger partial charge on any atom is 0.142 e. The Balaban J connectivity index is 1.77. The van der Waals surface area contributed by atoms with Crippen LogP contribution in [-0.4, -0.2) is 22.0 Å². The molecule has 1 aliphatic carbocycles. The van der Waals surface area contributed by atoms with Gasteiger partial charge in [-0.05, 0) is 42.2 Å². The van der Waals surface area contributed by atoms with Crippen LogP contribution in [0.15, 0.2) is 36.8 Å². The van der Waals surface area contributed by atoms with E-state index in [1.54, 1.807) is 6.33 Å². The molecule has 0 amide bonds. The second-order valence-electron chi connectivity index (χ2n) is 5.45. The van der Waals surface area contributed by atoms with Gasteiger partial charge in [-0.3, -0.25) is 0 Å².